The Labute approximate surface area is 60.9 Å². The van der Waals surface area contributed by atoms with Gasteiger partial charge in [0.25, 0.3) is 0 Å². The lowest BCUT2D eigenvalue weighted by molar-refractivity contribution is -0.627. The Morgan fingerprint density at radius 2 is 2.12 bits per heavy atom. The van der Waals surface area contributed by atoms with Crippen LogP contribution >= 0.6 is 11.6 Å². The molecule has 0 amide bonds. The fourth-order valence-electron chi connectivity index (χ4n) is 0.217. The minimum absolute atomic E-state index is 0. The van der Waals surface area contributed by atoms with Gasteiger partial charge >= 0.3 is 0 Å². The summed E-state index contributed by atoms with van der Waals surface area (Å²) in [7, 11) is 3.81. The van der Waals surface area contributed by atoms with E-state index in [1.54, 1.807) is 6.21 Å². The summed E-state index contributed by atoms with van der Waals surface area (Å²) < 4.78 is 0. The fraction of sp³-hybridized carbons (Fsp3) is 0.750. The maximum Gasteiger partial charge on any atom is 0.182 e. The second-order valence-electron chi connectivity index (χ2n) is 1.38. The number of halogens is 2. The Hall–Kier alpha value is 0.0500. The summed E-state index contributed by atoms with van der Waals surface area (Å²) in [5.74, 6) is 0.540. The zero-order valence-corrected chi connectivity index (χ0v) is 6.50. The van der Waals surface area contributed by atoms with E-state index in [2.05, 4.69) is 5.10 Å². The topological polar surface area (TPSA) is 17.2 Å². The van der Waals surface area contributed by atoms with Crippen LogP contribution in [0.3, 0.4) is 0 Å². The molecule has 0 aliphatic heterocycles. The van der Waals surface area contributed by atoms with Crippen molar-refractivity contribution in [3.05, 3.63) is 0 Å². The van der Waals surface area contributed by atoms with Crippen LogP contribution in [-0.2, 0) is 0 Å². The molecular weight excluding hydrogens is 147 g/mol. The second kappa shape index (κ2) is 7.05. The average Bonchev–Trinajstić information content (AvgIpc) is 1.61. The lowest BCUT2D eigenvalue weighted by atomic mass is 10.9. The molecule has 0 aliphatic carbocycles. The van der Waals surface area contributed by atoms with Gasteiger partial charge in [-0.05, 0) is 0 Å². The van der Waals surface area contributed by atoms with Gasteiger partial charge in [-0.1, -0.05) is 0 Å². The van der Waals surface area contributed by atoms with E-state index in [9.17, 15) is 0 Å². The van der Waals surface area contributed by atoms with Gasteiger partial charge in [-0.2, -0.15) is 5.01 Å². The van der Waals surface area contributed by atoms with E-state index in [-0.39, 0.29) is 12.4 Å². The fourth-order valence-corrected chi connectivity index (χ4v) is 0.286. The molecule has 0 atom stereocenters. The van der Waals surface area contributed by atoms with Crippen molar-refractivity contribution < 1.29 is 17.5 Å². The number of nitrogens with zero attached hydrogens (tertiary/aromatic N) is 1. The molecule has 1 N–H and O–H groups in total. The molecule has 0 spiro atoms. The zero-order chi connectivity index (χ0) is 5.70. The molecule has 0 aliphatic rings. The number of hydrazine groups is 1. The number of alkyl halides is 1. The third kappa shape index (κ3) is 9.41. The van der Waals surface area contributed by atoms with Crippen LogP contribution in [0.1, 0.15) is 0 Å². The smallest absolute Gasteiger partial charge is 0.182 e. The predicted octanol–water partition coefficient (Wildman–Crippen LogP) is -4.14. The highest BCUT2D eigenvalue weighted by atomic mass is 35.5. The van der Waals surface area contributed by atoms with Crippen LogP contribution in [0.4, 0.5) is 0 Å². The highest BCUT2D eigenvalue weighted by Gasteiger charge is 1.78. The van der Waals surface area contributed by atoms with Gasteiger partial charge in [0.1, 0.15) is 5.88 Å². The van der Waals surface area contributed by atoms with Gasteiger partial charge in [0.15, 0.2) is 6.21 Å². The molecule has 0 rings (SSSR count). The van der Waals surface area contributed by atoms with Crippen molar-refractivity contribution >= 4 is 17.8 Å². The number of hydrogen-bond donors (Lipinski definition) is 1. The zero-order valence-electron chi connectivity index (χ0n) is 4.99. The Kier molecular flexibility index (Phi) is 9.63. The molecule has 8 heavy (non-hydrogen) atoms. The molecule has 50 valence electrons. The van der Waals surface area contributed by atoms with Crippen molar-refractivity contribution in [2.24, 2.45) is 0 Å². The monoisotopic (exact) mass is 156 g/mol. The Morgan fingerprint density at radius 1 is 1.62 bits per heavy atom. The third-order valence-corrected chi connectivity index (χ3v) is 0.581. The predicted molar refractivity (Wildman–Crippen MR) is 31.4 cm³/mol. The van der Waals surface area contributed by atoms with Gasteiger partial charge in [0, 0.05) is 0 Å². The highest BCUT2D eigenvalue weighted by Crippen LogP contribution is 1.56. The van der Waals surface area contributed by atoms with Crippen LogP contribution in [0.15, 0.2) is 0 Å². The van der Waals surface area contributed by atoms with E-state index in [0.29, 0.717) is 5.88 Å². The van der Waals surface area contributed by atoms with E-state index >= 15 is 0 Å². The average molecular weight is 157 g/mol. The summed E-state index contributed by atoms with van der Waals surface area (Å²) in [6.45, 7) is 0. The molecule has 0 aromatic heterocycles. The second-order valence-corrected chi connectivity index (χ2v) is 1.69. The summed E-state index contributed by atoms with van der Waals surface area (Å²) in [6.07, 6.45) is 1.77. The van der Waals surface area contributed by atoms with Gasteiger partial charge in [-0.3, -0.25) is 0 Å². The van der Waals surface area contributed by atoms with E-state index in [4.69, 9.17) is 11.6 Å². The van der Waals surface area contributed by atoms with E-state index < -0.39 is 0 Å². The lowest BCUT2D eigenvalue weighted by Gasteiger charge is -1.91. The Balaban J connectivity index is 0. The highest BCUT2D eigenvalue weighted by molar-refractivity contribution is 6.24. The van der Waals surface area contributed by atoms with Crippen molar-refractivity contribution in [1.82, 2.24) is 5.01 Å². The molecule has 0 unspecified atom stereocenters. The van der Waals surface area contributed by atoms with Crippen LogP contribution in [0.25, 0.3) is 0 Å². The van der Waals surface area contributed by atoms with Crippen LogP contribution in [0.2, 0.25) is 0 Å². The van der Waals surface area contributed by atoms with Crippen molar-refractivity contribution in [3.8, 4) is 0 Å². The summed E-state index contributed by atoms with van der Waals surface area (Å²) in [6, 6.07) is 0. The van der Waals surface area contributed by atoms with Gasteiger partial charge in [0.2, 0.25) is 0 Å². The molecular formula is C4H10Cl2N2. The van der Waals surface area contributed by atoms with Crippen molar-refractivity contribution in [3.63, 3.8) is 0 Å². The van der Waals surface area contributed by atoms with Gasteiger partial charge < -0.3 is 12.4 Å². The lowest BCUT2D eigenvalue weighted by Crippen LogP contribution is -3.00. The maximum atomic E-state index is 5.30. The quantitative estimate of drug-likeness (QED) is 0.245. The van der Waals surface area contributed by atoms with Crippen molar-refractivity contribution in [1.29, 1.82) is 0 Å². The summed E-state index contributed by atoms with van der Waals surface area (Å²) in [5, 5.41) is 4.69. The first kappa shape index (κ1) is 10.9. The molecule has 0 bridgehead atoms. The maximum absolute atomic E-state index is 5.30. The van der Waals surface area contributed by atoms with E-state index in [1.807, 2.05) is 19.1 Å². The Morgan fingerprint density at radius 3 is 2.25 bits per heavy atom. The summed E-state index contributed by atoms with van der Waals surface area (Å²) in [4.78, 5) is 0. The molecule has 4 heteroatoms. The molecule has 0 saturated carbocycles. The van der Waals surface area contributed by atoms with Gasteiger partial charge in [0.05, 0.1) is 14.1 Å². The number of nitrogens with one attached hydrogen (secondary N) is 1. The van der Waals surface area contributed by atoms with E-state index in [1.165, 1.54) is 0 Å². The van der Waals surface area contributed by atoms with Gasteiger partial charge in [-0.25, -0.2) is 0 Å². The van der Waals surface area contributed by atoms with Crippen molar-refractivity contribution in [2.75, 3.05) is 20.0 Å². The number of rotatable bonds is 2. The normalized spacial score (nSPS) is 8.88. The largest absolute Gasteiger partial charge is 1.00 e. The minimum Gasteiger partial charge on any atom is -1.00 e. The van der Waals surface area contributed by atoms with Crippen molar-refractivity contribution in [2.45, 2.75) is 0 Å². The number of hydrogen-bond acceptors (Lipinski definition) is 1. The first-order chi connectivity index (χ1) is 3.27. The van der Waals surface area contributed by atoms with Crippen LogP contribution in [0, 0.1) is 0 Å². The molecule has 0 aromatic rings. The number of hydrazone groups is 1. The molecule has 2 nitrogen and oxygen atoms in total. The summed E-state index contributed by atoms with van der Waals surface area (Å²) >= 11 is 5.30. The molecule has 0 radical (unpaired) electrons. The molecule has 0 aromatic carbocycles. The summed E-state index contributed by atoms with van der Waals surface area (Å²) in [5.41, 5.74) is 0. The van der Waals surface area contributed by atoms with E-state index in [0.717, 1.165) is 0 Å². The third-order valence-electron chi connectivity index (χ3n) is 0.427. The first-order valence-corrected chi connectivity index (χ1v) is 2.62. The Bertz CT molecular complexity index is 63.1. The van der Waals surface area contributed by atoms with Crippen LogP contribution in [0.5, 0.6) is 0 Å². The minimum atomic E-state index is 0. The first-order valence-electron chi connectivity index (χ1n) is 2.08. The molecule has 0 heterocycles. The molecule has 0 fully saturated rings. The SMILES string of the molecule is CN(C)[NH+]=CCCl.[Cl-]. The molecule has 0 saturated heterocycles. The van der Waals surface area contributed by atoms with Gasteiger partial charge in [-0.15, -0.1) is 16.7 Å². The van der Waals surface area contributed by atoms with Crippen LogP contribution < -0.4 is 17.5 Å². The standard InChI is InChI=1S/C4H9ClN2.ClH/c1-7(2)6-4-3-5;/h4H,3H2,1-2H3;1H. The van der Waals surface area contributed by atoms with Crippen LogP contribution in [-0.4, -0.2) is 31.2 Å².